The zero-order chi connectivity index (χ0) is 31.4. The Balaban J connectivity index is 1.84. The predicted molar refractivity (Wildman–Crippen MR) is 164 cm³/mol. The lowest BCUT2D eigenvalue weighted by molar-refractivity contribution is -0.137. The molecule has 0 aliphatic carbocycles. The van der Waals surface area contributed by atoms with Crippen LogP contribution in [0.4, 0.5) is 9.59 Å². The van der Waals surface area contributed by atoms with Gasteiger partial charge < -0.3 is 35.9 Å². The summed E-state index contributed by atoms with van der Waals surface area (Å²) in [6, 6.07) is 8.47. The van der Waals surface area contributed by atoms with Crippen LogP contribution in [0.1, 0.15) is 67.4 Å². The lowest BCUT2D eigenvalue weighted by Crippen LogP contribution is -2.58. The molecule has 6 N–H and O–H groups in total. The number of hydrogen-bond donors (Lipinski definition) is 4. The maximum atomic E-state index is 14.2. The van der Waals surface area contributed by atoms with E-state index in [1.54, 1.807) is 32.0 Å². The Morgan fingerprint density at radius 3 is 2.29 bits per heavy atom. The molecule has 234 valence electrons. The van der Waals surface area contributed by atoms with Crippen molar-refractivity contribution in [2.45, 2.75) is 98.0 Å². The van der Waals surface area contributed by atoms with Crippen LogP contribution in [0.3, 0.4) is 0 Å². The van der Waals surface area contributed by atoms with E-state index in [4.69, 9.17) is 16.3 Å². The Morgan fingerprint density at radius 2 is 1.71 bits per heavy atom. The summed E-state index contributed by atoms with van der Waals surface area (Å²) in [6.07, 6.45) is 2.28. The molecule has 2 aliphatic heterocycles. The van der Waals surface area contributed by atoms with Crippen molar-refractivity contribution in [1.29, 1.82) is 0 Å². The molecule has 0 bridgehead atoms. The topological polar surface area (TPSA) is 146 Å². The summed E-state index contributed by atoms with van der Waals surface area (Å²) in [5.41, 5.74) is 6.73. The van der Waals surface area contributed by atoms with Crippen molar-refractivity contribution in [2.24, 2.45) is 22.9 Å². The molecule has 2 fully saturated rings. The number of nitrogens with one attached hydrogen (secondary N) is 2. The minimum absolute atomic E-state index is 0.0239. The minimum Gasteiger partial charge on any atom is -0.444 e. The molecule has 2 saturated heterocycles. The molecule has 11 nitrogen and oxygen atoms in total. The number of ether oxygens (including phenoxy) is 1. The largest absolute Gasteiger partial charge is 0.444 e. The van der Waals surface area contributed by atoms with Crippen LogP contribution in [0.25, 0.3) is 0 Å². The molecule has 4 amide bonds. The number of carbonyl (C=O) groups excluding carboxylic acids is 3. The Hall–Kier alpha value is -3.47. The van der Waals surface area contributed by atoms with Crippen molar-refractivity contribution in [1.82, 2.24) is 25.4 Å². The Bertz CT molecular complexity index is 1130. The van der Waals surface area contributed by atoms with E-state index in [1.165, 1.54) is 0 Å². The molecular weight excluding hydrogens is 534 g/mol. The Morgan fingerprint density at radius 1 is 1.07 bits per heavy atom. The summed E-state index contributed by atoms with van der Waals surface area (Å²) >= 11 is 0. The van der Waals surface area contributed by atoms with Gasteiger partial charge in [-0.3, -0.25) is 4.79 Å². The second-order valence-corrected chi connectivity index (χ2v) is 13.9. The average Bonchev–Trinajstić information content (AvgIpc) is 3.42. The monoisotopic (exact) mass is 585 g/mol. The third-order valence-corrected chi connectivity index (χ3v) is 7.49. The number of urea groups is 1. The molecule has 42 heavy (non-hydrogen) atoms. The summed E-state index contributed by atoms with van der Waals surface area (Å²) < 4.78 is 5.48. The third-order valence-electron chi connectivity index (χ3n) is 7.49. The lowest BCUT2D eigenvalue weighted by atomic mass is 9.85. The number of hydrazine groups is 1. The lowest BCUT2D eigenvalue weighted by Gasteiger charge is -2.37. The van der Waals surface area contributed by atoms with Gasteiger partial charge in [-0.05, 0) is 52.0 Å². The molecule has 1 aromatic carbocycles. The highest BCUT2D eigenvalue weighted by Crippen LogP contribution is 2.37. The molecule has 0 aromatic heterocycles. The van der Waals surface area contributed by atoms with E-state index in [0.29, 0.717) is 38.2 Å². The summed E-state index contributed by atoms with van der Waals surface area (Å²) in [6.45, 7) is 16.2. The number of benzene rings is 1. The SMILES string of the molecule is CC(C)NC(=O)N1C[C@H](CN(N)/C=C(\N)Cc2ccccc2)C2[C@H]1CCN2C(=O)C(NC(=O)OC(C)(C)C)C(C)(C)C. The van der Waals surface area contributed by atoms with Gasteiger partial charge in [0.05, 0.1) is 12.1 Å². The average molecular weight is 586 g/mol. The van der Waals surface area contributed by atoms with Crippen LogP contribution in [0.2, 0.25) is 0 Å². The first-order valence-electron chi connectivity index (χ1n) is 14.8. The number of nitrogens with two attached hydrogens (primary N) is 2. The predicted octanol–water partition coefficient (Wildman–Crippen LogP) is 3.16. The van der Waals surface area contributed by atoms with Crippen LogP contribution in [0.5, 0.6) is 0 Å². The van der Waals surface area contributed by atoms with E-state index < -0.39 is 23.2 Å². The van der Waals surface area contributed by atoms with Crippen LogP contribution in [0.15, 0.2) is 42.2 Å². The first-order valence-corrected chi connectivity index (χ1v) is 14.8. The number of carbonyl (C=O) groups is 3. The molecule has 0 spiro atoms. The first-order chi connectivity index (χ1) is 19.5. The zero-order valence-electron chi connectivity index (χ0n) is 26.5. The second kappa shape index (κ2) is 13.2. The van der Waals surface area contributed by atoms with Gasteiger partial charge in [-0.25, -0.2) is 15.4 Å². The van der Waals surface area contributed by atoms with Gasteiger partial charge in [0, 0.05) is 49.9 Å². The number of rotatable bonds is 8. The molecule has 3 rings (SSSR count). The highest BCUT2D eigenvalue weighted by Gasteiger charge is 2.53. The highest BCUT2D eigenvalue weighted by molar-refractivity contribution is 5.87. The first kappa shape index (κ1) is 33.0. The quantitative estimate of drug-likeness (QED) is 0.271. The summed E-state index contributed by atoms with van der Waals surface area (Å²) in [4.78, 5) is 43.8. The Labute approximate surface area is 250 Å². The molecule has 0 saturated carbocycles. The maximum Gasteiger partial charge on any atom is 0.408 e. The van der Waals surface area contributed by atoms with Crippen LogP contribution in [-0.4, -0.2) is 82.2 Å². The molecule has 11 heteroatoms. The van der Waals surface area contributed by atoms with E-state index in [1.807, 2.05) is 74.8 Å². The zero-order valence-corrected chi connectivity index (χ0v) is 26.5. The van der Waals surface area contributed by atoms with E-state index in [9.17, 15) is 14.4 Å². The van der Waals surface area contributed by atoms with Crippen LogP contribution in [-0.2, 0) is 16.0 Å². The second-order valence-electron chi connectivity index (χ2n) is 13.9. The van der Waals surface area contributed by atoms with E-state index in [2.05, 4.69) is 10.6 Å². The van der Waals surface area contributed by atoms with E-state index in [0.717, 1.165) is 5.56 Å². The van der Waals surface area contributed by atoms with E-state index in [-0.39, 0.29) is 36.0 Å². The fraction of sp³-hybridized carbons (Fsp3) is 0.645. The number of nitrogens with zero attached hydrogens (tertiary/aromatic N) is 3. The van der Waals surface area contributed by atoms with Gasteiger partial charge in [0.2, 0.25) is 5.91 Å². The molecule has 2 unspecified atom stereocenters. The standard InChI is InChI=1S/C31H51N7O4/c1-20(2)34-28(40)38-18-22(17-36(33)19-23(32)16-21-12-10-9-11-13-21)25-24(38)14-15-37(25)27(39)26(30(3,4)5)35-29(41)42-31(6,7)8/h9-13,19-20,22,24-26H,14-18,32-33H2,1-8H3,(H,34,40)(H,35,41)/b23-19-/t22-,24+,25?,26?/m0/s1. The van der Waals surface area contributed by atoms with Crippen LogP contribution < -0.4 is 22.2 Å². The van der Waals surface area contributed by atoms with Gasteiger partial charge in [0.1, 0.15) is 11.6 Å². The molecule has 4 atom stereocenters. The van der Waals surface area contributed by atoms with Crippen molar-refractivity contribution < 1.29 is 19.1 Å². The number of likely N-dealkylation sites (tertiary alicyclic amines) is 2. The van der Waals surface area contributed by atoms with Gasteiger partial charge in [0.25, 0.3) is 0 Å². The van der Waals surface area contributed by atoms with Gasteiger partial charge in [-0.2, -0.15) is 0 Å². The van der Waals surface area contributed by atoms with Gasteiger partial charge in [-0.1, -0.05) is 51.1 Å². The number of allylic oxidation sites excluding steroid dienone is 1. The van der Waals surface area contributed by atoms with Crippen molar-refractivity contribution in [2.75, 3.05) is 19.6 Å². The van der Waals surface area contributed by atoms with Crippen molar-refractivity contribution in [3.8, 4) is 0 Å². The fourth-order valence-electron chi connectivity index (χ4n) is 5.84. The van der Waals surface area contributed by atoms with Gasteiger partial charge >= 0.3 is 12.1 Å². The minimum atomic E-state index is -0.819. The fourth-order valence-corrected chi connectivity index (χ4v) is 5.84. The molecule has 1 aromatic rings. The van der Waals surface area contributed by atoms with Gasteiger partial charge in [0.15, 0.2) is 0 Å². The summed E-state index contributed by atoms with van der Waals surface area (Å²) in [5.74, 6) is 6.12. The smallest absolute Gasteiger partial charge is 0.408 e. The number of hydrogen-bond acceptors (Lipinski definition) is 7. The van der Waals surface area contributed by atoms with Crippen LogP contribution in [0, 0.1) is 11.3 Å². The molecule has 2 aliphatic rings. The Kier molecular flexibility index (Phi) is 10.4. The molecule has 0 radical (unpaired) electrons. The van der Waals surface area contributed by atoms with Crippen LogP contribution >= 0.6 is 0 Å². The maximum absolute atomic E-state index is 14.2. The molecule has 2 heterocycles. The third kappa shape index (κ3) is 8.77. The number of alkyl carbamates (subject to hydrolysis) is 1. The normalized spacial score (nSPS) is 21.7. The number of amides is 4. The van der Waals surface area contributed by atoms with Gasteiger partial charge in [-0.15, -0.1) is 0 Å². The van der Waals surface area contributed by atoms with Crippen molar-refractivity contribution in [3.63, 3.8) is 0 Å². The summed E-state index contributed by atoms with van der Waals surface area (Å²) in [5, 5.41) is 7.39. The molecular formula is C31H51N7O4. The summed E-state index contributed by atoms with van der Waals surface area (Å²) in [7, 11) is 0. The van der Waals surface area contributed by atoms with Crippen molar-refractivity contribution >= 4 is 18.0 Å². The highest BCUT2D eigenvalue weighted by atomic mass is 16.6. The van der Waals surface area contributed by atoms with Crippen molar-refractivity contribution in [3.05, 3.63) is 47.8 Å². The van der Waals surface area contributed by atoms with E-state index >= 15 is 0 Å². The number of fused-ring (bicyclic) bond motifs is 1.